The van der Waals surface area contributed by atoms with Gasteiger partial charge in [-0.2, -0.15) is 0 Å². The Balaban J connectivity index is 1.58. The zero-order valence-corrected chi connectivity index (χ0v) is 14.6. The topological polar surface area (TPSA) is 118 Å². The summed E-state index contributed by atoms with van der Waals surface area (Å²) in [6.45, 7) is 2.00. The molecule has 25 heavy (non-hydrogen) atoms. The first-order valence-corrected chi connectivity index (χ1v) is 9.58. The number of imide groups is 1. The Bertz CT molecular complexity index is 761. The third-order valence-corrected chi connectivity index (χ3v) is 6.40. The molecule has 0 spiro atoms. The van der Waals surface area contributed by atoms with Gasteiger partial charge in [0.2, 0.25) is 15.9 Å². The number of rotatable bonds is 5. The summed E-state index contributed by atoms with van der Waals surface area (Å²) < 4.78 is 32.3. The largest absolute Gasteiger partial charge is 0.474 e. The van der Waals surface area contributed by atoms with Crippen molar-refractivity contribution in [3.8, 4) is 5.88 Å². The fourth-order valence-electron chi connectivity index (χ4n) is 2.95. The molecule has 3 amide bonds. The first kappa shape index (κ1) is 17.6. The second kappa shape index (κ2) is 6.60. The highest BCUT2D eigenvalue weighted by atomic mass is 32.2. The Kier molecular flexibility index (Phi) is 4.65. The van der Waals surface area contributed by atoms with Crippen LogP contribution in [0.15, 0.2) is 24.4 Å². The van der Waals surface area contributed by atoms with Crippen molar-refractivity contribution in [3.05, 3.63) is 24.4 Å². The third-order valence-electron chi connectivity index (χ3n) is 4.31. The third kappa shape index (κ3) is 3.90. The summed E-state index contributed by atoms with van der Waals surface area (Å²) in [6, 6.07) is 4.69. The van der Waals surface area contributed by atoms with E-state index in [9.17, 15) is 18.0 Å². The van der Waals surface area contributed by atoms with Crippen LogP contribution in [-0.2, 0) is 14.8 Å². The van der Waals surface area contributed by atoms with Crippen molar-refractivity contribution < 1.29 is 22.7 Å². The average Bonchev–Trinajstić information content (AvgIpc) is 2.80. The van der Waals surface area contributed by atoms with Crippen LogP contribution >= 0.6 is 0 Å². The van der Waals surface area contributed by atoms with Crippen LogP contribution < -0.4 is 15.4 Å². The lowest BCUT2D eigenvalue weighted by molar-refractivity contribution is -0.122. The van der Waals surface area contributed by atoms with E-state index >= 15 is 0 Å². The summed E-state index contributed by atoms with van der Waals surface area (Å²) in [7, 11) is -3.69. The standard InChI is InChI=1S/C15H20N4O5S/c1-15(13(20)17-14(21)18-15)10-25(22,23)19-8-5-11(6-9-19)24-12-4-2-3-7-16-12/h2-4,7,11H,5-6,8-10H2,1H3,(H2,17,18,20,21)/t15-/m1/s1. The Morgan fingerprint density at radius 2 is 2.04 bits per heavy atom. The van der Waals surface area contributed by atoms with Crippen molar-refractivity contribution in [1.82, 2.24) is 19.9 Å². The van der Waals surface area contributed by atoms with Crippen LogP contribution in [0.1, 0.15) is 19.8 Å². The highest BCUT2D eigenvalue weighted by molar-refractivity contribution is 7.89. The molecule has 0 saturated carbocycles. The molecule has 2 aliphatic rings. The summed E-state index contributed by atoms with van der Waals surface area (Å²) in [5.74, 6) is -0.584. The number of amides is 3. The number of aromatic nitrogens is 1. The minimum atomic E-state index is -3.69. The van der Waals surface area contributed by atoms with Crippen molar-refractivity contribution in [2.24, 2.45) is 0 Å². The van der Waals surface area contributed by atoms with Gasteiger partial charge in [0.15, 0.2) is 0 Å². The number of ether oxygens (including phenoxy) is 1. The van der Waals surface area contributed by atoms with Gasteiger partial charge >= 0.3 is 6.03 Å². The van der Waals surface area contributed by atoms with Gasteiger partial charge in [0, 0.05) is 25.4 Å². The van der Waals surface area contributed by atoms with Crippen LogP contribution in [0.5, 0.6) is 5.88 Å². The molecular weight excluding hydrogens is 348 g/mol. The monoisotopic (exact) mass is 368 g/mol. The van der Waals surface area contributed by atoms with Gasteiger partial charge in [-0.05, 0) is 25.8 Å². The predicted molar refractivity (Wildman–Crippen MR) is 88.3 cm³/mol. The molecule has 2 N–H and O–H groups in total. The molecule has 1 atom stereocenters. The lowest BCUT2D eigenvalue weighted by Gasteiger charge is -2.33. The molecule has 2 fully saturated rings. The van der Waals surface area contributed by atoms with Crippen LogP contribution in [0, 0.1) is 0 Å². The zero-order valence-electron chi connectivity index (χ0n) is 13.8. The molecule has 1 aromatic rings. The smallest absolute Gasteiger partial charge is 0.322 e. The molecular formula is C15H20N4O5S. The molecule has 10 heteroatoms. The highest BCUT2D eigenvalue weighted by Gasteiger charge is 2.46. The molecule has 136 valence electrons. The normalized spacial score (nSPS) is 25.5. The Morgan fingerprint density at radius 3 is 2.60 bits per heavy atom. The summed E-state index contributed by atoms with van der Waals surface area (Å²) in [5, 5.41) is 4.45. The lowest BCUT2D eigenvalue weighted by atomic mass is 10.1. The second-order valence-corrected chi connectivity index (χ2v) is 8.35. The van der Waals surface area contributed by atoms with Crippen LogP contribution in [0.3, 0.4) is 0 Å². The SMILES string of the molecule is C[C@]1(CS(=O)(=O)N2CCC(Oc3ccccn3)CC2)NC(=O)NC1=O. The predicted octanol–water partition coefficient (Wildman–Crippen LogP) is -0.147. The maximum absolute atomic E-state index is 12.6. The molecule has 0 unspecified atom stereocenters. The molecule has 3 rings (SSSR count). The number of carbonyl (C=O) groups is 2. The molecule has 2 saturated heterocycles. The van der Waals surface area contributed by atoms with Gasteiger partial charge in [-0.15, -0.1) is 0 Å². The maximum Gasteiger partial charge on any atom is 0.322 e. The number of hydrogen-bond acceptors (Lipinski definition) is 6. The van der Waals surface area contributed by atoms with Crippen LogP contribution in [-0.4, -0.2) is 60.1 Å². The van der Waals surface area contributed by atoms with Crippen molar-refractivity contribution >= 4 is 22.0 Å². The minimum Gasteiger partial charge on any atom is -0.474 e. The van der Waals surface area contributed by atoms with Gasteiger partial charge in [0.05, 0.1) is 5.75 Å². The van der Waals surface area contributed by atoms with Crippen molar-refractivity contribution in [2.45, 2.75) is 31.4 Å². The van der Waals surface area contributed by atoms with E-state index in [2.05, 4.69) is 15.6 Å². The minimum absolute atomic E-state index is 0.105. The Morgan fingerprint density at radius 1 is 1.32 bits per heavy atom. The van der Waals surface area contributed by atoms with E-state index in [0.29, 0.717) is 31.8 Å². The molecule has 3 heterocycles. The van der Waals surface area contributed by atoms with Crippen LogP contribution in [0.2, 0.25) is 0 Å². The van der Waals surface area contributed by atoms with E-state index in [1.165, 1.54) is 11.2 Å². The van der Waals surface area contributed by atoms with E-state index in [0.717, 1.165) is 0 Å². The van der Waals surface area contributed by atoms with Gasteiger partial charge in [0.1, 0.15) is 11.6 Å². The number of pyridine rings is 1. The molecule has 0 aromatic carbocycles. The fraction of sp³-hybridized carbons (Fsp3) is 0.533. The molecule has 0 radical (unpaired) electrons. The number of nitrogens with one attached hydrogen (secondary N) is 2. The molecule has 1 aromatic heterocycles. The summed E-state index contributed by atoms with van der Waals surface area (Å²) >= 11 is 0. The first-order valence-electron chi connectivity index (χ1n) is 7.98. The van der Waals surface area contributed by atoms with Gasteiger partial charge in [-0.1, -0.05) is 6.07 Å². The van der Waals surface area contributed by atoms with E-state index < -0.39 is 33.3 Å². The summed E-state index contributed by atoms with van der Waals surface area (Å²) in [5.41, 5.74) is -1.45. The van der Waals surface area contributed by atoms with Gasteiger partial charge < -0.3 is 10.1 Å². The lowest BCUT2D eigenvalue weighted by Crippen LogP contribution is -2.53. The van der Waals surface area contributed by atoms with Crippen LogP contribution in [0.4, 0.5) is 4.79 Å². The molecule has 9 nitrogen and oxygen atoms in total. The second-order valence-electron chi connectivity index (χ2n) is 6.38. The number of piperidine rings is 1. The number of sulfonamides is 1. The average molecular weight is 368 g/mol. The first-order chi connectivity index (χ1) is 11.8. The fourth-order valence-corrected chi connectivity index (χ4v) is 4.84. The Hall–Kier alpha value is -2.20. The van der Waals surface area contributed by atoms with E-state index in [1.807, 2.05) is 6.07 Å². The van der Waals surface area contributed by atoms with Crippen LogP contribution in [0.25, 0.3) is 0 Å². The number of carbonyl (C=O) groups excluding carboxylic acids is 2. The van der Waals surface area contributed by atoms with Gasteiger partial charge in [-0.25, -0.2) is 22.5 Å². The molecule has 0 aliphatic carbocycles. The van der Waals surface area contributed by atoms with Gasteiger partial charge in [-0.3, -0.25) is 10.1 Å². The summed E-state index contributed by atoms with van der Waals surface area (Å²) in [6.07, 6.45) is 2.60. The number of hydrogen-bond donors (Lipinski definition) is 2. The number of urea groups is 1. The summed E-state index contributed by atoms with van der Waals surface area (Å²) in [4.78, 5) is 27.2. The van der Waals surface area contributed by atoms with Gasteiger partial charge in [0.25, 0.3) is 5.91 Å². The Labute approximate surface area is 145 Å². The van der Waals surface area contributed by atoms with Crippen molar-refractivity contribution in [2.75, 3.05) is 18.8 Å². The van der Waals surface area contributed by atoms with E-state index in [4.69, 9.17) is 4.74 Å². The quantitative estimate of drug-likeness (QED) is 0.698. The van der Waals surface area contributed by atoms with E-state index in [1.54, 1.807) is 18.3 Å². The highest BCUT2D eigenvalue weighted by Crippen LogP contribution is 2.22. The molecule has 2 aliphatic heterocycles. The van der Waals surface area contributed by atoms with Crippen molar-refractivity contribution in [3.63, 3.8) is 0 Å². The maximum atomic E-state index is 12.6. The molecule has 0 bridgehead atoms. The number of nitrogens with zero attached hydrogens (tertiary/aromatic N) is 2. The van der Waals surface area contributed by atoms with Crippen molar-refractivity contribution in [1.29, 1.82) is 0 Å². The zero-order chi connectivity index (χ0) is 18.1. The van der Waals surface area contributed by atoms with E-state index in [-0.39, 0.29) is 6.10 Å².